The van der Waals surface area contributed by atoms with Crippen molar-refractivity contribution < 1.29 is 28.5 Å². The lowest BCUT2D eigenvalue weighted by atomic mass is 10.2. The summed E-state index contributed by atoms with van der Waals surface area (Å²) >= 11 is 5.99. The third-order valence-electron chi connectivity index (χ3n) is 3.29. The van der Waals surface area contributed by atoms with E-state index in [1.807, 2.05) is 0 Å². The summed E-state index contributed by atoms with van der Waals surface area (Å²) in [7, 11) is 2.91. The van der Waals surface area contributed by atoms with Crippen LogP contribution in [0.25, 0.3) is 0 Å². The molecule has 0 bridgehead atoms. The summed E-state index contributed by atoms with van der Waals surface area (Å²) in [6.07, 6.45) is 0.851. The molecule has 0 radical (unpaired) electrons. The third kappa shape index (κ3) is 4.49. The molecule has 1 aliphatic heterocycles. The summed E-state index contributed by atoms with van der Waals surface area (Å²) < 4.78 is 20.4. The van der Waals surface area contributed by atoms with Crippen molar-refractivity contribution in [2.24, 2.45) is 0 Å². The van der Waals surface area contributed by atoms with Crippen molar-refractivity contribution in [2.45, 2.75) is 18.9 Å². The lowest BCUT2D eigenvalue weighted by Crippen LogP contribution is -2.27. The normalized spacial score (nSPS) is 16.7. The minimum atomic E-state index is -0.576. The minimum absolute atomic E-state index is 0.354. The Balaban J connectivity index is 1.95. The van der Waals surface area contributed by atoms with E-state index in [-0.39, 0.29) is 0 Å². The average Bonchev–Trinajstić information content (AvgIpc) is 3.08. The molecule has 2 rings (SSSR count). The average molecular weight is 344 g/mol. The van der Waals surface area contributed by atoms with E-state index in [4.69, 9.17) is 30.5 Å². The first-order chi connectivity index (χ1) is 11.0. The largest absolute Gasteiger partial charge is 0.495 e. The van der Waals surface area contributed by atoms with Gasteiger partial charge in [0.05, 0.1) is 24.9 Å². The van der Waals surface area contributed by atoms with E-state index < -0.39 is 24.6 Å². The summed E-state index contributed by atoms with van der Waals surface area (Å²) in [6, 6.07) is 3.05. The van der Waals surface area contributed by atoms with E-state index in [1.165, 1.54) is 26.4 Å². The zero-order chi connectivity index (χ0) is 16.8. The second kappa shape index (κ2) is 8.03. The summed E-state index contributed by atoms with van der Waals surface area (Å²) in [6.45, 7) is 0.126. The van der Waals surface area contributed by atoms with Gasteiger partial charge in [-0.1, -0.05) is 11.6 Å². The first-order valence-electron chi connectivity index (χ1n) is 7.04. The van der Waals surface area contributed by atoms with Gasteiger partial charge in [-0.3, -0.25) is 4.79 Å². The van der Waals surface area contributed by atoms with E-state index in [2.05, 4.69) is 5.32 Å². The molecule has 1 atom stereocenters. The monoisotopic (exact) mass is 343 g/mol. The first kappa shape index (κ1) is 17.4. The van der Waals surface area contributed by atoms with Gasteiger partial charge in [0.25, 0.3) is 5.91 Å². The second-order valence-corrected chi connectivity index (χ2v) is 5.25. The number of benzene rings is 1. The van der Waals surface area contributed by atoms with Crippen LogP contribution < -0.4 is 14.8 Å². The van der Waals surface area contributed by atoms with Crippen LogP contribution in [0, 0.1) is 0 Å². The predicted molar refractivity (Wildman–Crippen MR) is 83.1 cm³/mol. The fourth-order valence-electron chi connectivity index (χ4n) is 2.14. The molecule has 0 spiro atoms. The summed E-state index contributed by atoms with van der Waals surface area (Å²) in [4.78, 5) is 23.6. The molecule has 7 nitrogen and oxygen atoms in total. The number of hydrogen-bond donors (Lipinski definition) is 1. The van der Waals surface area contributed by atoms with Crippen LogP contribution >= 0.6 is 11.6 Å². The number of amides is 1. The molecule has 0 aromatic heterocycles. The Morgan fingerprint density at radius 2 is 2.04 bits per heavy atom. The molecule has 1 unspecified atom stereocenters. The minimum Gasteiger partial charge on any atom is -0.495 e. The molecule has 1 fully saturated rings. The molecule has 1 saturated heterocycles. The Bertz CT molecular complexity index is 586. The van der Waals surface area contributed by atoms with E-state index in [9.17, 15) is 9.59 Å². The highest BCUT2D eigenvalue weighted by Gasteiger charge is 2.25. The van der Waals surface area contributed by atoms with Gasteiger partial charge in [-0.05, 0) is 12.8 Å². The van der Waals surface area contributed by atoms with Crippen LogP contribution in [0.4, 0.5) is 5.69 Å². The number of esters is 1. The van der Waals surface area contributed by atoms with Gasteiger partial charge in [-0.2, -0.15) is 0 Å². The van der Waals surface area contributed by atoms with Crippen LogP contribution in [-0.4, -0.2) is 45.4 Å². The number of hydrogen-bond acceptors (Lipinski definition) is 6. The van der Waals surface area contributed by atoms with Gasteiger partial charge >= 0.3 is 5.97 Å². The zero-order valence-electron chi connectivity index (χ0n) is 12.9. The molecule has 1 amide bonds. The fourth-order valence-corrected chi connectivity index (χ4v) is 2.37. The summed E-state index contributed by atoms with van der Waals surface area (Å²) in [5.74, 6) is -0.272. The molecule has 0 aliphatic carbocycles. The number of anilines is 1. The maximum absolute atomic E-state index is 11.9. The van der Waals surface area contributed by atoms with Crippen LogP contribution in [0.2, 0.25) is 5.02 Å². The molecule has 1 N–H and O–H groups in total. The van der Waals surface area contributed by atoms with E-state index in [0.717, 1.165) is 6.42 Å². The fraction of sp³-hybridized carbons (Fsp3) is 0.467. The molecule has 1 aromatic carbocycles. The van der Waals surface area contributed by atoms with Gasteiger partial charge in [0.15, 0.2) is 12.7 Å². The van der Waals surface area contributed by atoms with Crippen molar-refractivity contribution in [3.05, 3.63) is 17.2 Å². The smallest absolute Gasteiger partial charge is 0.335 e. The number of methoxy groups -OCH3 is 2. The highest BCUT2D eigenvalue weighted by Crippen LogP contribution is 2.35. The van der Waals surface area contributed by atoms with Gasteiger partial charge in [0.2, 0.25) is 0 Å². The first-order valence-corrected chi connectivity index (χ1v) is 7.42. The maximum atomic E-state index is 11.9. The van der Waals surface area contributed by atoms with E-state index >= 15 is 0 Å². The van der Waals surface area contributed by atoms with Crippen LogP contribution in [0.1, 0.15) is 12.8 Å². The molecule has 23 heavy (non-hydrogen) atoms. The van der Waals surface area contributed by atoms with E-state index in [1.54, 1.807) is 0 Å². The van der Waals surface area contributed by atoms with Crippen molar-refractivity contribution in [1.29, 1.82) is 0 Å². The molecule has 1 aliphatic rings. The number of ether oxygens (including phenoxy) is 4. The highest BCUT2D eigenvalue weighted by atomic mass is 35.5. The Hall–Kier alpha value is -1.99. The van der Waals surface area contributed by atoms with Crippen molar-refractivity contribution >= 4 is 29.2 Å². The van der Waals surface area contributed by atoms with Crippen molar-refractivity contribution in [3.63, 3.8) is 0 Å². The Labute approximate surface area is 138 Å². The maximum Gasteiger partial charge on any atom is 0.335 e. The highest BCUT2D eigenvalue weighted by molar-refractivity contribution is 6.32. The number of halogens is 1. The number of carbonyl (C=O) groups is 2. The summed E-state index contributed by atoms with van der Waals surface area (Å²) in [5.41, 5.74) is 0.368. The molecule has 0 saturated carbocycles. The van der Waals surface area contributed by atoms with E-state index in [0.29, 0.717) is 35.2 Å². The number of carbonyl (C=O) groups excluding carboxylic acids is 2. The Morgan fingerprint density at radius 1 is 1.30 bits per heavy atom. The van der Waals surface area contributed by atoms with Crippen molar-refractivity contribution in [2.75, 3.05) is 32.8 Å². The molecular formula is C15H18ClNO6. The SMILES string of the molecule is COc1cc(NC(=O)COC(=O)C2CCCO2)c(OC)cc1Cl. The third-order valence-corrected chi connectivity index (χ3v) is 3.58. The van der Waals surface area contributed by atoms with Gasteiger partial charge in [-0.25, -0.2) is 4.79 Å². The molecular weight excluding hydrogens is 326 g/mol. The predicted octanol–water partition coefficient (Wildman–Crippen LogP) is 2.02. The van der Waals surface area contributed by atoms with Crippen molar-refractivity contribution in [3.8, 4) is 11.5 Å². The van der Waals surface area contributed by atoms with Crippen molar-refractivity contribution in [1.82, 2.24) is 0 Å². The topological polar surface area (TPSA) is 83.1 Å². The molecule has 1 aromatic rings. The molecule has 1 heterocycles. The Kier molecular flexibility index (Phi) is 6.06. The molecule has 126 valence electrons. The quantitative estimate of drug-likeness (QED) is 0.796. The van der Waals surface area contributed by atoms with Crippen LogP contribution in [0.15, 0.2) is 12.1 Å². The number of nitrogens with one attached hydrogen (secondary N) is 1. The second-order valence-electron chi connectivity index (χ2n) is 4.84. The lowest BCUT2D eigenvalue weighted by molar-refractivity contribution is -0.156. The Morgan fingerprint density at radius 3 is 2.65 bits per heavy atom. The standard InChI is InChI=1S/C15H18ClNO6/c1-20-12-7-10(13(21-2)6-9(12)16)17-14(18)8-23-15(19)11-4-3-5-22-11/h6-7,11H,3-5,8H2,1-2H3,(H,17,18). The van der Waals surface area contributed by atoms with Crippen LogP contribution in [0.5, 0.6) is 11.5 Å². The van der Waals surface area contributed by atoms with Gasteiger partial charge in [-0.15, -0.1) is 0 Å². The van der Waals surface area contributed by atoms with Gasteiger partial charge in [0, 0.05) is 18.7 Å². The number of rotatable bonds is 6. The van der Waals surface area contributed by atoms with Crippen LogP contribution in [-0.2, 0) is 19.1 Å². The summed E-state index contributed by atoms with van der Waals surface area (Å²) in [5, 5.41) is 2.94. The van der Waals surface area contributed by atoms with Gasteiger partial charge in [0.1, 0.15) is 11.5 Å². The van der Waals surface area contributed by atoms with Crippen LogP contribution in [0.3, 0.4) is 0 Å². The van der Waals surface area contributed by atoms with Gasteiger partial charge < -0.3 is 24.3 Å². The lowest BCUT2D eigenvalue weighted by Gasteiger charge is -2.14. The zero-order valence-corrected chi connectivity index (χ0v) is 13.6. The molecule has 8 heteroatoms.